The Hall–Kier alpha value is -1.95. The largest absolute Gasteiger partial charge is 0.388 e. The zero-order valence-electron chi connectivity index (χ0n) is 13.0. The van der Waals surface area contributed by atoms with Crippen LogP contribution < -0.4 is 10.2 Å². The molecular formula is C17H21FN2O3. The number of aryl methyl sites for hydroxylation is 1. The number of aliphatic hydroxyl groups is 1. The first kappa shape index (κ1) is 15.9. The summed E-state index contributed by atoms with van der Waals surface area (Å²) in [6, 6.07) is 4.37. The predicted molar refractivity (Wildman–Crippen MR) is 83.5 cm³/mol. The van der Waals surface area contributed by atoms with Crippen LogP contribution in [0.1, 0.15) is 37.7 Å². The van der Waals surface area contributed by atoms with Crippen molar-refractivity contribution in [2.24, 2.45) is 0 Å². The number of carbonyl (C=O) groups is 2. The van der Waals surface area contributed by atoms with E-state index in [0.717, 1.165) is 24.8 Å². The molecule has 5 nitrogen and oxygen atoms in total. The number of fused-ring (bicyclic) bond motifs is 1. The lowest BCUT2D eigenvalue weighted by atomic mass is 9.80. The van der Waals surface area contributed by atoms with E-state index < -0.39 is 5.60 Å². The van der Waals surface area contributed by atoms with Gasteiger partial charge in [-0.1, -0.05) is 0 Å². The van der Waals surface area contributed by atoms with Crippen LogP contribution in [0.5, 0.6) is 0 Å². The van der Waals surface area contributed by atoms with E-state index in [1.54, 1.807) is 11.0 Å². The van der Waals surface area contributed by atoms with E-state index >= 15 is 0 Å². The summed E-state index contributed by atoms with van der Waals surface area (Å²) >= 11 is 0. The molecule has 0 unspecified atom stereocenters. The molecule has 1 aromatic rings. The Bertz CT molecular complexity index is 628. The highest BCUT2D eigenvalue weighted by molar-refractivity contribution is 5.97. The molecule has 0 aromatic heterocycles. The fourth-order valence-electron chi connectivity index (χ4n) is 3.10. The van der Waals surface area contributed by atoms with Gasteiger partial charge < -0.3 is 15.3 Å². The second kappa shape index (κ2) is 6.28. The van der Waals surface area contributed by atoms with Gasteiger partial charge in [0, 0.05) is 31.6 Å². The average molecular weight is 320 g/mol. The van der Waals surface area contributed by atoms with Crippen LogP contribution >= 0.6 is 0 Å². The SMILES string of the molecule is O=C(CCN1C(=O)CCc2cc(F)ccc21)NCC1(O)CCC1. The topological polar surface area (TPSA) is 69.6 Å². The lowest BCUT2D eigenvalue weighted by Crippen LogP contribution is -2.48. The van der Waals surface area contributed by atoms with Crippen molar-refractivity contribution < 1.29 is 19.1 Å². The summed E-state index contributed by atoms with van der Waals surface area (Å²) in [6.07, 6.45) is 3.45. The summed E-state index contributed by atoms with van der Waals surface area (Å²) in [5, 5.41) is 12.7. The molecule has 1 heterocycles. The maximum absolute atomic E-state index is 13.3. The molecule has 1 aliphatic heterocycles. The highest BCUT2D eigenvalue weighted by Gasteiger charge is 2.34. The van der Waals surface area contributed by atoms with E-state index in [4.69, 9.17) is 0 Å². The van der Waals surface area contributed by atoms with Crippen molar-refractivity contribution in [3.05, 3.63) is 29.6 Å². The molecular weight excluding hydrogens is 299 g/mol. The molecule has 1 aromatic carbocycles. The van der Waals surface area contributed by atoms with E-state index in [1.807, 2.05) is 0 Å². The summed E-state index contributed by atoms with van der Waals surface area (Å²) in [6.45, 7) is 0.531. The molecule has 0 spiro atoms. The number of halogens is 1. The Morgan fingerprint density at radius 1 is 1.35 bits per heavy atom. The third kappa shape index (κ3) is 3.52. The number of carbonyl (C=O) groups excluding carboxylic acids is 2. The molecule has 1 aliphatic carbocycles. The zero-order valence-corrected chi connectivity index (χ0v) is 13.0. The fourth-order valence-corrected chi connectivity index (χ4v) is 3.10. The summed E-state index contributed by atoms with van der Waals surface area (Å²) in [4.78, 5) is 25.6. The lowest BCUT2D eigenvalue weighted by Gasteiger charge is -2.36. The predicted octanol–water partition coefficient (Wildman–Crippen LogP) is 1.53. The van der Waals surface area contributed by atoms with E-state index in [1.165, 1.54) is 12.1 Å². The number of nitrogens with one attached hydrogen (secondary N) is 1. The van der Waals surface area contributed by atoms with E-state index in [9.17, 15) is 19.1 Å². The number of rotatable bonds is 5. The highest BCUT2D eigenvalue weighted by Crippen LogP contribution is 2.31. The van der Waals surface area contributed by atoms with Crippen LogP contribution in [0.2, 0.25) is 0 Å². The van der Waals surface area contributed by atoms with Crippen LogP contribution in [-0.2, 0) is 16.0 Å². The molecule has 0 saturated heterocycles. The second-order valence-electron chi connectivity index (χ2n) is 6.42. The fraction of sp³-hybridized carbons (Fsp3) is 0.529. The molecule has 2 amide bonds. The second-order valence-corrected chi connectivity index (χ2v) is 6.42. The first-order valence-electron chi connectivity index (χ1n) is 8.05. The van der Waals surface area contributed by atoms with Crippen LogP contribution in [0, 0.1) is 5.82 Å². The van der Waals surface area contributed by atoms with Gasteiger partial charge in [0.2, 0.25) is 11.8 Å². The summed E-state index contributed by atoms with van der Waals surface area (Å²) in [5.74, 6) is -0.550. The molecule has 1 fully saturated rings. The van der Waals surface area contributed by atoms with Crippen molar-refractivity contribution in [1.29, 1.82) is 0 Å². The minimum atomic E-state index is -0.749. The van der Waals surface area contributed by atoms with Crippen molar-refractivity contribution >= 4 is 17.5 Å². The third-order valence-corrected chi connectivity index (χ3v) is 4.70. The Morgan fingerprint density at radius 2 is 2.13 bits per heavy atom. The lowest BCUT2D eigenvalue weighted by molar-refractivity contribution is -0.123. The van der Waals surface area contributed by atoms with Crippen molar-refractivity contribution in [3.63, 3.8) is 0 Å². The minimum absolute atomic E-state index is 0.0467. The van der Waals surface area contributed by atoms with Crippen LogP contribution in [0.25, 0.3) is 0 Å². The molecule has 2 N–H and O–H groups in total. The molecule has 23 heavy (non-hydrogen) atoms. The van der Waals surface area contributed by atoms with E-state index in [0.29, 0.717) is 18.5 Å². The molecule has 3 rings (SSSR count). The smallest absolute Gasteiger partial charge is 0.227 e. The number of amides is 2. The summed E-state index contributed by atoms with van der Waals surface area (Å²) in [5.41, 5.74) is 0.739. The van der Waals surface area contributed by atoms with Crippen LogP contribution in [-0.4, -0.2) is 35.6 Å². The molecule has 2 aliphatic rings. The van der Waals surface area contributed by atoms with Crippen LogP contribution in [0.3, 0.4) is 0 Å². The quantitative estimate of drug-likeness (QED) is 0.864. The molecule has 0 atom stereocenters. The molecule has 6 heteroatoms. The molecule has 0 bridgehead atoms. The number of hydrogen-bond donors (Lipinski definition) is 2. The van der Waals surface area contributed by atoms with Crippen LogP contribution in [0.15, 0.2) is 18.2 Å². The van der Waals surface area contributed by atoms with Crippen LogP contribution in [0.4, 0.5) is 10.1 Å². The Kier molecular flexibility index (Phi) is 4.35. The van der Waals surface area contributed by atoms with Gasteiger partial charge in [0.25, 0.3) is 0 Å². The van der Waals surface area contributed by atoms with Gasteiger partial charge in [0.05, 0.1) is 5.60 Å². The van der Waals surface area contributed by atoms with Gasteiger partial charge in [-0.05, 0) is 49.4 Å². The summed E-state index contributed by atoms with van der Waals surface area (Å²) < 4.78 is 13.3. The van der Waals surface area contributed by atoms with Crippen molar-refractivity contribution in [1.82, 2.24) is 5.32 Å². The first-order chi connectivity index (χ1) is 11.0. The number of anilines is 1. The van der Waals surface area contributed by atoms with Crippen molar-refractivity contribution in [2.45, 2.75) is 44.1 Å². The number of hydrogen-bond acceptors (Lipinski definition) is 3. The Morgan fingerprint density at radius 3 is 2.83 bits per heavy atom. The van der Waals surface area contributed by atoms with Crippen molar-refractivity contribution in [3.8, 4) is 0 Å². The maximum Gasteiger partial charge on any atom is 0.227 e. The Balaban J connectivity index is 1.57. The average Bonchev–Trinajstić information content (AvgIpc) is 2.50. The third-order valence-electron chi connectivity index (χ3n) is 4.70. The molecule has 1 saturated carbocycles. The highest BCUT2D eigenvalue weighted by atomic mass is 19.1. The maximum atomic E-state index is 13.3. The number of benzene rings is 1. The van der Waals surface area contributed by atoms with Crippen molar-refractivity contribution in [2.75, 3.05) is 18.0 Å². The van der Waals surface area contributed by atoms with E-state index in [2.05, 4.69) is 5.32 Å². The minimum Gasteiger partial charge on any atom is -0.388 e. The number of nitrogens with zero attached hydrogens (tertiary/aromatic N) is 1. The monoisotopic (exact) mass is 320 g/mol. The standard InChI is InChI=1S/C17H21FN2O3/c18-13-3-4-14-12(10-13)2-5-16(22)20(14)9-6-15(21)19-11-17(23)7-1-8-17/h3-4,10,23H,1-2,5-9,11H2,(H,19,21). The zero-order chi connectivity index (χ0) is 16.4. The molecule has 0 radical (unpaired) electrons. The van der Waals surface area contributed by atoms with Gasteiger partial charge in [-0.2, -0.15) is 0 Å². The van der Waals surface area contributed by atoms with Gasteiger partial charge in [0.1, 0.15) is 5.82 Å². The molecule has 124 valence electrons. The normalized spacial score (nSPS) is 19.0. The van der Waals surface area contributed by atoms with Gasteiger partial charge in [0.15, 0.2) is 0 Å². The van der Waals surface area contributed by atoms with Gasteiger partial charge in [-0.25, -0.2) is 4.39 Å². The van der Waals surface area contributed by atoms with Gasteiger partial charge in [-0.3, -0.25) is 9.59 Å². The first-order valence-corrected chi connectivity index (χ1v) is 8.05. The van der Waals surface area contributed by atoms with Gasteiger partial charge >= 0.3 is 0 Å². The van der Waals surface area contributed by atoms with Gasteiger partial charge in [-0.15, -0.1) is 0 Å². The van der Waals surface area contributed by atoms with E-state index in [-0.39, 0.29) is 37.1 Å². The Labute approximate surface area is 134 Å². The summed E-state index contributed by atoms with van der Waals surface area (Å²) in [7, 11) is 0.